The molecule has 0 rings (SSSR count). The molecule has 0 aromatic carbocycles. The predicted octanol–water partition coefficient (Wildman–Crippen LogP) is 1.00. The molecule has 0 spiro atoms. The molecule has 0 aliphatic rings. The molecule has 0 aromatic heterocycles. The summed E-state index contributed by atoms with van der Waals surface area (Å²) in [5.74, 6) is -1.40. The number of nitrogens with zero attached hydrogens (tertiary/aromatic N) is 1. The van der Waals surface area contributed by atoms with Crippen LogP contribution in [0.25, 0.3) is 0 Å². The Morgan fingerprint density at radius 1 is 1.50 bits per heavy atom. The van der Waals surface area contributed by atoms with E-state index in [9.17, 15) is 9.59 Å². The maximum absolute atomic E-state index is 11.2. The van der Waals surface area contributed by atoms with Crippen LogP contribution in [0.5, 0.6) is 0 Å². The standard InChI is InChI=1S/C11H19NO4/c1-6-12(5,9(4)10(13)14)7-16-11(15)8(2)3/h9H,2,6-7H2,1,3-5H3/p+1. The molecule has 0 saturated carbocycles. The number of quaternary nitrogens is 1. The van der Waals surface area contributed by atoms with Gasteiger partial charge in [-0.15, -0.1) is 0 Å². The van der Waals surface area contributed by atoms with Gasteiger partial charge in [-0.2, -0.15) is 0 Å². The van der Waals surface area contributed by atoms with E-state index in [2.05, 4.69) is 6.58 Å². The Labute approximate surface area is 95.9 Å². The number of likely N-dealkylation sites (N-methyl/N-ethyl adjacent to an activating group) is 1. The van der Waals surface area contributed by atoms with Crippen LogP contribution >= 0.6 is 0 Å². The molecule has 0 heterocycles. The van der Waals surface area contributed by atoms with Crippen LogP contribution in [0, 0.1) is 0 Å². The van der Waals surface area contributed by atoms with Gasteiger partial charge in [0.15, 0.2) is 6.04 Å². The van der Waals surface area contributed by atoms with Gasteiger partial charge in [-0.1, -0.05) is 6.58 Å². The van der Waals surface area contributed by atoms with Crippen molar-refractivity contribution in [2.75, 3.05) is 20.3 Å². The molecule has 0 bridgehead atoms. The molecule has 0 saturated heterocycles. The maximum Gasteiger partial charge on any atom is 0.362 e. The number of carboxylic acid groups (broad SMARTS) is 1. The van der Waals surface area contributed by atoms with Gasteiger partial charge in [-0.25, -0.2) is 9.59 Å². The van der Waals surface area contributed by atoms with Crippen LogP contribution in [0.1, 0.15) is 20.8 Å². The van der Waals surface area contributed by atoms with E-state index in [1.54, 1.807) is 20.9 Å². The molecule has 0 aromatic rings. The molecule has 5 heteroatoms. The first-order valence-corrected chi connectivity index (χ1v) is 5.14. The van der Waals surface area contributed by atoms with Gasteiger partial charge in [0.05, 0.1) is 13.6 Å². The Kier molecular flexibility index (Phi) is 5.17. The zero-order valence-electron chi connectivity index (χ0n) is 10.3. The smallest absolute Gasteiger partial charge is 0.362 e. The molecule has 0 radical (unpaired) electrons. The average molecular weight is 230 g/mol. The summed E-state index contributed by atoms with van der Waals surface area (Å²) in [4.78, 5) is 22.1. The molecular weight excluding hydrogens is 210 g/mol. The Morgan fingerprint density at radius 2 is 2.00 bits per heavy atom. The second-order valence-electron chi connectivity index (χ2n) is 4.15. The van der Waals surface area contributed by atoms with E-state index in [1.807, 2.05) is 6.92 Å². The van der Waals surface area contributed by atoms with E-state index in [0.717, 1.165) is 0 Å². The number of ether oxygens (including phenoxy) is 1. The number of esters is 1. The van der Waals surface area contributed by atoms with Crippen LogP contribution in [-0.4, -0.2) is 47.9 Å². The third kappa shape index (κ3) is 3.66. The van der Waals surface area contributed by atoms with Crippen LogP contribution in [0.15, 0.2) is 12.2 Å². The van der Waals surface area contributed by atoms with E-state index in [-0.39, 0.29) is 11.2 Å². The minimum absolute atomic E-state index is 0.0374. The van der Waals surface area contributed by atoms with Crippen molar-refractivity contribution in [3.05, 3.63) is 12.2 Å². The van der Waals surface area contributed by atoms with Crippen molar-refractivity contribution in [1.82, 2.24) is 0 Å². The molecule has 2 atom stereocenters. The van der Waals surface area contributed by atoms with Gasteiger partial charge in [0.2, 0.25) is 6.73 Å². The van der Waals surface area contributed by atoms with E-state index in [4.69, 9.17) is 9.84 Å². The van der Waals surface area contributed by atoms with Crippen LogP contribution in [0.4, 0.5) is 0 Å². The number of carboxylic acids is 1. The van der Waals surface area contributed by atoms with Gasteiger partial charge >= 0.3 is 11.9 Å². The topological polar surface area (TPSA) is 63.6 Å². The summed E-state index contributed by atoms with van der Waals surface area (Å²) >= 11 is 0. The lowest BCUT2D eigenvalue weighted by atomic mass is 10.2. The largest absolute Gasteiger partial charge is 0.477 e. The first-order valence-electron chi connectivity index (χ1n) is 5.14. The summed E-state index contributed by atoms with van der Waals surface area (Å²) < 4.78 is 5.15. The van der Waals surface area contributed by atoms with Crippen molar-refractivity contribution in [2.45, 2.75) is 26.8 Å². The second kappa shape index (κ2) is 5.65. The fourth-order valence-corrected chi connectivity index (χ4v) is 1.07. The molecule has 0 fully saturated rings. The summed E-state index contributed by atoms with van der Waals surface area (Å²) in [7, 11) is 1.74. The quantitative estimate of drug-likeness (QED) is 0.320. The molecule has 0 aliphatic carbocycles. The Hall–Kier alpha value is -1.36. The molecule has 2 unspecified atom stereocenters. The highest BCUT2D eigenvalue weighted by Crippen LogP contribution is 2.11. The fourth-order valence-electron chi connectivity index (χ4n) is 1.07. The van der Waals surface area contributed by atoms with Crippen molar-refractivity contribution in [1.29, 1.82) is 0 Å². The highest BCUT2D eigenvalue weighted by molar-refractivity contribution is 5.86. The zero-order chi connectivity index (χ0) is 12.9. The zero-order valence-corrected chi connectivity index (χ0v) is 10.3. The van der Waals surface area contributed by atoms with Crippen molar-refractivity contribution in [3.8, 4) is 0 Å². The molecule has 16 heavy (non-hydrogen) atoms. The molecular formula is C11H20NO4+. The van der Waals surface area contributed by atoms with Gasteiger partial charge in [0.25, 0.3) is 0 Å². The summed E-state index contributed by atoms with van der Waals surface area (Å²) in [6.07, 6.45) is 0. The number of hydrogen-bond acceptors (Lipinski definition) is 3. The number of carbonyl (C=O) groups excluding carboxylic acids is 1. The van der Waals surface area contributed by atoms with Crippen molar-refractivity contribution < 1.29 is 23.9 Å². The number of carbonyl (C=O) groups is 2. The van der Waals surface area contributed by atoms with Gasteiger partial charge in [-0.3, -0.25) is 4.48 Å². The van der Waals surface area contributed by atoms with Crippen LogP contribution in [0.3, 0.4) is 0 Å². The minimum Gasteiger partial charge on any atom is -0.477 e. The Bertz CT molecular complexity index is 300. The van der Waals surface area contributed by atoms with E-state index < -0.39 is 18.0 Å². The highest BCUT2D eigenvalue weighted by Gasteiger charge is 2.34. The highest BCUT2D eigenvalue weighted by atomic mass is 16.5. The Balaban J connectivity index is 4.55. The normalized spacial score (nSPS) is 16.0. The molecule has 1 N–H and O–H groups in total. The average Bonchev–Trinajstić information content (AvgIpc) is 2.23. The van der Waals surface area contributed by atoms with Crippen LogP contribution in [-0.2, 0) is 14.3 Å². The molecule has 92 valence electrons. The van der Waals surface area contributed by atoms with Gasteiger partial charge in [0.1, 0.15) is 0 Å². The molecule has 5 nitrogen and oxygen atoms in total. The third-order valence-corrected chi connectivity index (χ3v) is 2.85. The van der Waals surface area contributed by atoms with E-state index >= 15 is 0 Å². The maximum atomic E-state index is 11.2. The fraction of sp³-hybridized carbons (Fsp3) is 0.636. The molecule has 0 aliphatic heterocycles. The third-order valence-electron chi connectivity index (χ3n) is 2.85. The monoisotopic (exact) mass is 230 g/mol. The molecule has 0 amide bonds. The summed E-state index contributed by atoms with van der Waals surface area (Å²) in [5, 5.41) is 8.95. The first-order chi connectivity index (χ1) is 7.24. The van der Waals surface area contributed by atoms with Crippen LogP contribution < -0.4 is 0 Å². The van der Waals surface area contributed by atoms with Crippen molar-refractivity contribution in [3.63, 3.8) is 0 Å². The van der Waals surface area contributed by atoms with E-state index in [0.29, 0.717) is 12.1 Å². The van der Waals surface area contributed by atoms with Gasteiger partial charge in [0, 0.05) is 5.57 Å². The SMILES string of the molecule is C=C(C)C(=O)OC[N+](C)(CC)C(C)C(=O)O. The van der Waals surface area contributed by atoms with Crippen LogP contribution in [0.2, 0.25) is 0 Å². The lowest BCUT2D eigenvalue weighted by molar-refractivity contribution is -0.937. The van der Waals surface area contributed by atoms with Gasteiger partial charge < -0.3 is 9.84 Å². The number of hydrogen-bond donors (Lipinski definition) is 1. The summed E-state index contributed by atoms with van der Waals surface area (Å²) in [6, 6.07) is -0.622. The minimum atomic E-state index is -0.907. The summed E-state index contributed by atoms with van der Waals surface area (Å²) in [6.45, 7) is 9.08. The first kappa shape index (κ1) is 14.6. The van der Waals surface area contributed by atoms with Gasteiger partial charge in [-0.05, 0) is 20.8 Å². The Morgan fingerprint density at radius 3 is 2.31 bits per heavy atom. The summed E-state index contributed by atoms with van der Waals surface area (Å²) in [5.41, 5.74) is 0.311. The number of aliphatic carboxylic acids is 1. The van der Waals surface area contributed by atoms with Crippen molar-refractivity contribution >= 4 is 11.9 Å². The lowest BCUT2D eigenvalue weighted by Crippen LogP contribution is -2.55. The lowest BCUT2D eigenvalue weighted by Gasteiger charge is -2.35. The number of rotatable bonds is 6. The predicted molar refractivity (Wildman–Crippen MR) is 59.6 cm³/mol. The van der Waals surface area contributed by atoms with Crippen molar-refractivity contribution in [2.24, 2.45) is 0 Å². The second-order valence-corrected chi connectivity index (χ2v) is 4.15. The van der Waals surface area contributed by atoms with E-state index in [1.165, 1.54) is 0 Å².